The second kappa shape index (κ2) is 193. The normalized spacial score (nSPS) is 12.4. The van der Waals surface area contributed by atoms with Gasteiger partial charge in [-0.15, -0.1) is 11.8 Å². The molecule has 7 heterocycles. The highest BCUT2D eigenvalue weighted by molar-refractivity contribution is 8.12. The van der Waals surface area contributed by atoms with E-state index in [0.717, 1.165) is 58.9 Å². The van der Waals surface area contributed by atoms with Crippen molar-refractivity contribution >= 4 is 60.6 Å². The van der Waals surface area contributed by atoms with Crippen LogP contribution in [0.25, 0.3) is 0 Å². The minimum absolute atomic E-state index is 0.778. The van der Waals surface area contributed by atoms with Crippen molar-refractivity contribution in [2.45, 2.75) is 220 Å². The minimum Gasteiger partial charge on any atom is -0.482 e. The maximum absolute atomic E-state index is 4.65. The highest BCUT2D eigenvalue weighted by Gasteiger charge is 1.88. The molecule has 0 bridgehead atoms. The van der Waals surface area contributed by atoms with Gasteiger partial charge >= 0.3 is 0 Å². The molecule has 11 nitrogen and oxygen atoms in total. The van der Waals surface area contributed by atoms with Gasteiger partial charge in [-0.1, -0.05) is 205 Å². The maximum Gasteiger partial charge on any atom is 0.169 e. The highest BCUT2D eigenvalue weighted by atomic mass is 32.2. The standard InChI is InChI=1S/C4H7N.2C3H6N2.2C3H5NO.2C3H5NS.14C2H6/c1-2-4-5-3-1;1-2-5-3-4-1;1-2-4-5-3-1;1-2-5-3-4-1;1-2-4-5-3-1;1-2-5-3-4-1;1-2-4-5-3-1;14*1-2/h3H,1-2,4H2;3H,1-2H2,(H,4,5);1-2,4-5H,3H2;3H,1-2H2;2H,1,3H2;3H,1-2H2;2H,1,3H2;14*1-2H3. The molecule has 7 aliphatic heterocycles. The summed E-state index contributed by atoms with van der Waals surface area (Å²) in [6.07, 6.45) is 17.5. The van der Waals surface area contributed by atoms with Gasteiger partial charge in [0.15, 0.2) is 6.40 Å². The summed E-state index contributed by atoms with van der Waals surface area (Å²) in [5, 5.41) is 6.39. The SMILES string of the molecule is C1=CNNC1.C1=NCCC1.C1=NCCN1.C1=NCCO1.C1=NCCS1.C1=NOCC1.C1=NSCC1.CC.CC.CC.CC.CC.CC.CC.CC.CC.CC.CC.CC.CC.CC. The predicted molar refractivity (Wildman–Crippen MR) is 313 cm³/mol. The van der Waals surface area contributed by atoms with Gasteiger partial charge in [-0.05, 0) is 37.4 Å². The second-order valence-electron chi connectivity index (χ2n) is 6.73. The molecule has 0 saturated heterocycles. The lowest BCUT2D eigenvalue weighted by molar-refractivity contribution is 0.174. The molecule has 7 rings (SSSR count). The van der Waals surface area contributed by atoms with Gasteiger partial charge in [-0.2, -0.15) is 0 Å². The molecule has 0 aromatic rings. The Morgan fingerprint density at radius 3 is 1.16 bits per heavy atom. The van der Waals surface area contributed by atoms with Crippen molar-refractivity contribution in [3.05, 3.63) is 12.3 Å². The number of aliphatic imine (C=N–C) groups is 4. The molecule has 0 aliphatic carbocycles. The fourth-order valence-electron chi connectivity index (χ4n) is 2.13. The molecular formula is C50H123N9O2S2. The third kappa shape index (κ3) is 186. The van der Waals surface area contributed by atoms with Crippen LogP contribution in [0.3, 0.4) is 0 Å². The number of nitrogens with zero attached hydrogens (tertiary/aromatic N) is 6. The molecule has 63 heavy (non-hydrogen) atoms. The van der Waals surface area contributed by atoms with Crippen molar-refractivity contribution in [3.63, 3.8) is 0 Å². The van der Waals surface area contributed by atoms with Gasteiger partial charge in [-0.25, -0.2) is 9.82 Å². The van der Waals surface area contributed by atoms with Crippen LogP contribution in [0, 0.1) is 0 Å². The van der Waals surface area contributed by atoms with E-state index in [4.69, 9.17) is 0 Å². The van der Waals surface area contributed by atoms with Gasteiger partial charge in [0.2, 0.25) is 0 Å². The maximum atomic E-state index is 4.65. The number of hydrogen-bond donors (Lipinski definition) is 3. The number of thioether (sulfide) groups is 1. The Morgan fingerprint density at radius 2 is 1.05 bits per heavy atom. The van der Waals surface area contributed by atoms with Crippen LogP contribution in [0.5, 0.6) is 0 Å². The van der Waals surface area contributed by atoms with E-state index >= 15 is 0 Å². The molecule has 3 N–H and O–H groups in total. The summed E-state index contributed by atoms with van der Waals surface area (Å²) in [6, 6.07) is 0. The van der Waals surface area contributed by atoms with Crippen LogP contribution in [-0.2, 0) is 9.57 Å². The van der Waals surface area contributed by atoms with Crippen LogP contribution in [-0.4, -0.2) is 101 Å². The lowest BCUT2D eigenvalue weighted by atomic mass is 10.4. The van der Waals surface area contributed by atoms with Crippen LogP contribution in [0.4, 0.5) is 0 Å². The highest BCUT2D eigenvalue weighted by Crippen LogP contribution is 2.07. The molecule has 0 aromatic carbocycles. The molecule has 0 radical (unpaired) electrons. The van der Waals surface area contributed by atoms with E-state index < -0.39 is 0 Å². The molecule has 0 atom stereocenters. The van der Waals surface area contributed by atoms with Gasteiger partial charge in [0.1, 0.15) is 13.2 Å². The number of ether oxygens (including phenoxy) is 1. The Balaban J connectivity index is -0.0000000340. The lowest BCUT2D eigenvalue weighted by Crippen LogP contribution is -2.19. The third-order valence-electron chi connectivity index (χ3n) is 3.79. The molecule has 0 unspecified atom stereocenters. The fourth-order valence-corrected chi connectivity index (χ4v) is 3.18. The zero-order valence-corrected chi connectivity index (χ0v) is 50.0. The summed E-state index contributed by atoms with van der Waals surface area (Å²) in [5.74, 6) is 2.39. The molecule has 392 valence electrons. The number of rotatable bonds is 0. The van der Waals surface area contributed by atoms with Crippen LogP contribution in [0.2, 0.25) is 0 Å². The number of nitrogens with one attached hydrogen (secondary N) is 3. The molecule has 0 aromatic heterocycles. The number of oxime groups is 1. The number of hydrazine groups is 1. The van der Waals surface area contributed by atoms with Crippen molar-refractivity contribution in [2.75, 3.05) is 64.0 Å². The summed E-state index contributed by atoms with van der Waals surface area (Å²) in [7, 11) is 0. The van der Waals surface area contributed by atoms with Crippen molar-refractivity contribution in [1.29, 1.82) is 0 Å². The summed E-state index contributed by atoms with van der Waals surface area (Å²) >= 11 is 3.43. The summed E-state index contributed by atoms with van der Waals surface area (Å²) in [4.78, 5) is 20.0. The molecule has 0 amide bonds. The third-order valence-corrected chi connectivity index (χ3v) is 5.22. The van der Waals surface area contributed by atoms with Gasteiger partial charge in [0.25, 0.3) is 0 Å². The first kappa shape index (κ1) is 99.1. The Morgan fingerprint density at radius 1 is 0.492 bits per heavy atom. The quantitative estimate of drug-likeness (QED) is 0.206. The van der Waals surface area contributed by atoms with Crippen molar-refractivity contribution in [2.24, 2.45) is 29.5 Å². The first-order valence-electron chi connectivity index (χ1n) is 25.8. The van der Waals surface area contributed by atoms with Crippen LogP contribution in [0.1, 0.15) is 220 Å². The van der Waals surface area contributed by atoms with Crippen molar-refractivity contribution in [3.8, 4) is 0 Å². The van der Waals surface area contributed by atoms with E-state index in [1.807, 2.05) is 224 Å². The van der Waals surface area contributed by atoms with Crippen LogP contribution >= 0.6 is 23.7 Å². The van der Waals surface area contributed by atoms with Gasteiger partial charge < -0.3 is 20.3 Å². The first-order chi connectivity index (χ1) is 31.5. The zero-order chi connectivity index (χ0) is 52.7. The predicted octanol–water partition coefficient (Wildman–Crippen LogP) is 16.8. The molecule has 0 saturated carbocycles. The van der Waals surface area contributed by atoms with Crippen LogP contribution < -0.4 is 16.2 Å². The van der Waals surface area contributed by atoms with E-state index in [-0.39, 0.29) is 0 Å². The Hall–Kier alpha value is -2.38. The summed E-state index contributed by atoms with van der Waals surface area (Å²) in [5.41, 5.74) is 7.56. The Labute approximate surface area is 410 Å². The van der Waals surface area contributed by atoms with Gasteiger partial charge in [0.05, 0.1) is 25.0 Å². The average molecular weight is 947 g/mol. The molecule has 0 spiro atoms. The molecule has 0 fully saturated rings. The molecule has 7 aliphatic rings. The monoisotopic (exact) mass is 946 g/mol. The number of hydrogen-bond acceptors (Lipinski definition) is 13. The fraction of sp³-hybridized carbons (Fsp3) is 0.840. The van der Waals surface area contributed by atoms with Crippen LogP contribution in [0.15, 0.2) is 41.8 Å². The minimum atomic E-state index is 0.778. The molecular weight excluding hydrogens is 823 g/mol. The van der Waals surface area contributed by atoms with Crippen molar-refractivity contribution < 1.29 is 9.57 Å². The smallest absolute Gasteiger partial charge is 0.169 e. The van der Waals surface area contributed by atoms with E-state index in [2.05, 4.69) is 55.3 Å². The topological polar surface area (TPSA) is 129 Å². The van der Waals surface area contributed by atoms with E-state index in [1.54, 1.807) is 36.3 Å². The zero-order valence-electron chi connectivity index (χ0n) is 48.3. The van der Waals surface area contributed by atoms with E-state index in [9.17, 15) is 0 Å². The second-order valence-corrected chi connectivity index (χ2v) is 8.56. The lowest BCUT2D eigenvalue weighted by Gasteiger charge is -1.83. The Kier molecular flexibility index (Phi) is 303. The molecule has 13 heteroatoms. The van der Waals surface area contributed by atoms with Gasteiger partial charge in [-0.3, -0.25) is 20.0 Å². The van der Waals surface area contributed by atoms with E-state index in [0.29, 0.717) is 0 Å². The first-order valence-corrected chi connectivity index (χ1v) is 27.8. The average Bonchev–Trinajstić information content (AvgIpc) is 4.29. The van der Waals surface area contributed by atoms with E-state index in [1.165, 1.54) is 37.2 Å². The van der Waals surface area contributed by atoms with Gasteiger partial charge in [0, 0.05) is 62.7 Å². The summed E-state index contributed by atoms with van der Waals surface area (Å²) < 4.78 is 8.53. The Bertz CT molecular complexity index is 485. The van der Waals surface area contributed by atoms with Crippen molar-refractivity contribution in [1.82, 2.24) is 16.2 Å². The largest absolute Gasteiger partial charge is 0.482 e. The summed E-state index contributed by atoms with van der Waals surface area (Å²) in [6.45, 7) is 63.4.